The average Bonchev–Trinajstić information content (AvgIpc) is 2.46. The molecule has 106 valence electrons. The van der Waals surface area contributed by atoms with Gasteiger partial charge in [-0.05, 0) is 41.0 Å². The first-order valence-electron chi connectivity index (χ1n) is 6.66. The Morgan fingerprint density at radius 2 is 1.71 bits per heavy atom. The highest BCUT2D eigenvalue weighted by molar-refractivity contribution is 9.10. The summed E-state index contributed by atoms with van der Waals surface area (Å²) in [7, 11) is 0. The third-order valence-electron chi connectivity index (χ3n) is 3.70. The van der Waals surface area contributed by atoms with Gasteiger partial charge >= 0.3 is 0 Å². The van der Waals surface area contributed by atoms with E-state index in [2.05, 4.69) is 22.0 Å². The Kier molecular flexibility index (Phi) is 4.01. The zero-order valence-corrected chi connectivity index (χ0v) is 13.7. The van der Waals surface area contributed by atoms with Crippen LogP contribution in [0.15, 0.2) is 59.1 Å². The zero-order chi connectivity index (χ0) is 15.0. The fraction of sp³-hybridized carbons (Fsp3) is 0.111. The zero-order valence-electron chi connectivity index (χ0n) is 11.4. The molecular weight excluding hydrogens is 351 g/mol. The van der Waals surface area contributed by atoms with Gasteiger partial charge in [-0.25, -0.2) is 4.39 Å². The summed E-state index contributed by atoms with van der Waals surface area (Å²) in [6.45, 7) is 2.01. The van der Waals surface area contributed by atoms with Crippen LogP contribution < -0.4 is 0 Å². The van der Waals surface area contributed by atoms with Gasteiger partial charge in [-0.1, -0.05) is 58.4 Å². The maximum atomic E-state index is 14.2. The van der Waals surface area contributed by atoms with Gasteiger partial charge in [0.15, 0.2) is 0 Å². The van der Waals surface area contributed by atoms with Crippen molar-refractivity contribution in [1.82, 2.24) is 0 Å². The Morgan fingerprint density at radius 3 is 2.48 bits per heavy atom. The number of hydrogen-bond acceptors (Lipinski definition) is 0. The van der Waals surface area contributed by atoms with E-state index in [0.29, 0.717) is 10.0 Å². The lowest BCUT2D eigenvalue weighted by molar-refractivity contribution is 0.611. The Labute approximate surface area is 136 Å². The standard InChI is InChI=1S/C18H13BrClF/c1-11-9-10-12-5-2-3-6-13(12)16(11)18(20)17-14(19)7-4-8-15(17)21/h2-10,18H,1H3. The van der Waals surface area contributed by atoms with E-state index in [1.807, 2.05) is 43.3 Å². The lowest BCUT2D eigenvalue weighted by Crippen LogP contribution is -2.01. The van der Waals surface area contributed by atoms with Gasteiger partial charge in [0, 0.05) is 10.0 Å². The van der Waals surface area contributed by atoms with E-state index in [0.717, 1.165) is 21.9 Å². The Bertz CT molecular complexity index is 793. The van der Waals surface area contributed by atoms with Gasteiger partial charge in [-0.3, -0.25) is 0 Å². The van der Waals surface area contributed by atoms with Crippen LogP contribution in [0.4, 0.5) is 4.39 Å². The predicted octanol–water partition coefficient (Wildman–Crippen LogP) is 6.38. The number of rotatable bonds is 2. The molecule has 0 heterocycles. The number of hydrogen-bond donors (Lipinski definition) is 0. The highest BCUT2D eigenvalue weighted by Crippen LogP contribution is 2.40. The molecule has 0 amide bonds. The molecule has 0 fully saturated rings. The van der Waals surface area contributed by atoms with Gasteiger partial charge in [0.05, 0.1) is 5.38 Å². The van der Waals surface area contributed by atoms with Gasteiger partial charge < -0.3 is 0 Å². The summed E-state index contributed by atoms with van der Waals surface area (Å²) >= 11 is 10.1. The Morgan fingerprint density at radius 1 is 0.952 bits per heavy atom. The van der Waals surface area contributed by atoms with Crippen LogP contribution in [0.5, 0.6) is 0 Å². The van der Waals surface area contributed by atoms with Crippen molar-refractivity contribution in [3.8, 4) is 0 Å². The minimum atomic E-state index is -0.535. The second kappa shape index (κ2) is 5.78. The van der Waals surface area contributed by atoms with Gasteiger partial charge in [0.25, 0.3) is 0 Å². The molecule has 3 heteroatoms. The van der Waals surface area contributed by atoms with Gasteiger partial charge in [-0.2, -0.15) is 0 Å². The van der Waals surface area contributed by atoms with Crippen LogP contribution in [0.25, 0.3) is 10.8 Å². The lowest BCUT2D eigenvalue weighted by atomic mass is 9.94. The van der Waals surface area contributed by atoms with Crippen LogP contribution in [0.1, 0.15) is 22.1 Å². The smallest absolute Gasteiger partial charge is 0.129 e. The first kappa shape index (κ1) is 14.6. The Balaban J connectivity index is 2.27. The van der Waals surface area contributed by atoms with Crippen LogP contribution >= 0.6 is 27.5 Å². The monoisotopic (exact) mass is 362 g/mol. The fourth-order valence-electron chi connectivity index (χ4n) is 2.64. The molecule has 3 aromatic rings. The number of alkyl halides is 1. The maximum Gasteiger partial charge on any atom is 0.129 e. The summed E-state index contributed by atoms with van der Waals surface area (Å²) in [4.78, 5) is 0. The predicted molar refractivity (Wildman–Crippen MR) is 90.5 cm³/mol. The molecule has 0 saturated carbocycles. The fourth-order valence-corrected chi connectivity index (χ4v) is 3.85. The molecule has 1 atom stereocenters. The normalized spacial score (nSPS) is 12.6. The van der Waals surface area contributed by atoms with Gasteiger partial charge in [0.1, 0.15) is 5.82 Å². The van der Waals surface area contributed by atoms with Crippen molar-refractivity contribution in [2.24, 2.45) is 0 Å². The molecule has 3 aromatic carbocycles. The molecule has 0 N–H and O–H groups in total. The molecule has 0 aromatic heterocycles. The molecule has 0 nitrogen and oxygen atoms in total. The molecule has 0 aliphatic rings. The summed E-state index contributed by atoms with van der Waals surface area (Å²) < 4.78 is 14.9. The van der Waals surface area contributed by atoms with E-state index < -0.39 is 5.38 Å². The van der Waals surface area contributed by atoms with Crippen LogP contribution in [0.2, 0.25) is 0 Å². The first-order valence-corrected chi connectivity index (χ1v) is 7.89. The number of fused-ring (bicyclic) bond motifs is 1. The van der Waals surface area contributed by atoms with Crippen LogP contribution in [0.3, 0.4) is 0 Å². The van der Waals surface area contributed by atoms with E-state index in [1.165, 1.54) is 6.07 Å². The topological polar surface area (TPSA) is 0 Å². The van der Waals surface area contributed by atoms with Crippen molar-refractivity contribution < 1.29 is 4.39 Å². The van der Waals surface area contributed by atoms with E-state index in [4.69, 9.17) is 11.6 Å². The lowest BCUT2D eigenvalue weighted by Gasteiger charge is -2.18. The van der Waals surface area contributed by atoms with Crippen molar-refractivity contribution in [2.75, 3.05) is 0 Å². The third-order valence-corrected chi connectivity index (χ3v) is 4.82. The van der Waals surface area contributed by atoms with E-state index in [-0.39, 0.29) is 5.82 Å². The number of benzene rings is 3. The van der Waals surface area contributed by atoms with Crippen LogP contribution in [0, 0.1) is 12.7 Å². The highest BCUT2D eigenvalue weighted by atomic mass is 79.9. The molecule has 1 unspecified atom stereocenters. The van der Waals surface area contributed by atoms with Crippen LogP contribution in [-0.4, -0.2) is 0 Å². The van der Waals surface area contributed by atoms with Gasteiger partial charge in [-0.15, -0.1) is 11.6 Å². The molecular formula is C18H13BrClF. The summed E-state index contributed by atoms with van der Waals surface area (Å²) in [5.41, 5.74) is 2.50. The van der Waals surface area contributed by atoms with Crippen molar-refractivity contribution in [2.45, 2.75) is 12.3 Å². The quantitative estimate of drug-likeness (QED) is 0.463. The SMILES string of the molecule is Cc1ccc2ccccc2c1C(Cl)c1c(F)cccc1Br. The van der Waals surface area contributed by atoms with Crippen molar-refractivity contribution in [1.29, 1.82) is 0 Å². The summed E-state index contributed by atoms with van der Waals surface area (Å²) in [5, 5.41) is 1.63. The molecule has 0 radical (unpaired) electrons. The second-order valence-electron chi connectivity index (χ2n) is 5.02. The molecule has 3 rings (SSSR count). The minimum Gasteiger partial charge on any atom is -0.207 e. The number of aryl methyl sites for hydroxylation is 1. The highest BCUT2D eigenvalue weighted by Gasteiger charge is 2.21. The molecule has 0 bridgehead atoms. The van der Waals surface area contributed by atoms with E-state index in [9.17, 15) is 4.39 Å². The van der Waals surface area contributed by atoms with Crippen molar-refractivity contribution >= 4 is 38.3 Å². The third kappa shape index (κ3) is 2.58. The average molecular weight is 364 g/mol. The van der Waals surface area contributed by atoms with Crippen LogP contribution in [-0.2, 0) is 0 Å². The molecule has 0 spiro atoms. The number of halogens is 3. The molecule has 0 saturated heterocycles. The summed E-state index contributed by atoms with van der Waals surface area (Å²) in [6.07, 6.45) is 0. The molecule has 0 aliphatic heterocycles. The van der Waals surface area contributed by atoms with E-state index in [1.54, 1.807) is 6.07 Å². The summed E-state index contributed by atoms with van der Waals surface area (Å²) in [5.74, 6) is -0.295. The maximum absolute atomic E-state index is 14.2. The molecule has 0 aliphatic carbocycles. The summed E-state index contributed by atoms with van der Waals surface area (Å²) in [6, 6.07) is 17.1. The van der Waals surface area contributed by atoms with Crippen molar-refractivity contribution in [3.63, 3.8) is 0 Å². The Hall–Kier alpha value is -1.38. The van der Waals surface area contributed by atoms with E-state index >= 15 is 0 Å². The largest absolute Gasteiger partial charge is 0.207 e. The van der Waals surface area contributed by atoms with Crippen molar-refractivity contribution in [3.05, 3.63) is 81.6 Å². The molecule has 21 heavy (non-hydrogen) atoms. The minimum absolute atomic E-state index is 0.295. The first-order chi connectivity index (χ1) is 10.1. The second-order valence-corrected chi connectivity index (χ2v) is 6.31. The van der Waals surface area contributed by atoms with Gasteiger partial charge in [0.2, 0.25) is 0 Å².